The van der Waals surface area contributed by atoms with Crippen molar-refractivity contribution in [3.05, 3.63) is 22.7 Å². The Balaban J connectivity index is 1.76. The molecule has 1 aromatic carbocycles. The van der Waals surface area contributed by atoms with E-state index >= 15 is 0 Å². The lowest BCUT2D eigenvalue weighted by Crippen LogP contribution is -2.33. The second-order valence-corrected chi connectivity index (χ2v) is 5.34. The maximum atomic E-state index is 5.82. The van der Waals surface area contributed by atoms with Gasteiger partial charge >= 0.3 is 0 Å². The number of unbranched alkanes of at least 4 members (excludes halogenated alkanes) is 2. The van der Waals surface area contributed by atoms with Gasteiger partial charge in [0.25, 0.3) is 0 Å². The Kier molecular flexibility index (Phi) is 5.32. The van der Waals surface area contributed by atoms with Crippen molar-refractivity contribution in [2.75, 3.05) is 19.8 Å². The van der Waals surface area contributed by atoms with Crippen molar-refractivity contribution < 1.29 is 14.2 Å². The Labute approximate surface area is 117 Å². The molecule has 18 heavy (non-hydrogen) atoms. The molecule has 0 aromatic heterocycles. The van der Waals surface area contributed by atoms with Crippen LogP contribution in [0.2, 0.25) is 0 Å². The van der Waals surface area contributed by atoms with E-state index in [1.807, 2.05) is 18.2 Å². The van der Waals surface area contributed by atoms with Crippen LogP contribution in [0, 0.1) is 0 Å². The van der Waals surface area contributed by atoms with Crippen LogP contribution >= 0.6 is 15.9 Å². The lowest BCUT2D eigenvalue weighted by molar-refractivity contribution is 0.00782. The van der Waals surface area contributed by atoms with Gasteiger partial charge in [0, 0.05) is 11.1 Å². The fourth-order valence-electron chi connectivity index (χ4n) is 1.84. The Bertz CT molecular complexity index is 381. The Morgan fingerprint density at radius 1 is 1.33 bits per heavy atom. The van der Waals surface area contributed by atoms with Crippen molar-refractivity contribution in [2.45, 2.75) is 32.3 Å². The number of fused-ring (bicyclic) bond motifs is 1. The SMILES string of the molecule is CCCCCOCC1COc2cc(Br)ccc2O1. The zero-order valence-electron chi connectivity index (χ0n) is 10.7. The molecule has 1 aromatic rings. The summed E-state index contributed by atoms with van der Waals surface area (Å²) in [6.45, 7) is 4.14. The Hall–Kier alpha value is -0.740. The fourth-order valence-corrected chi connectivity index (χ4v) is 2.18. The Morgan fingerprint density at radius 3 is 3.06 bits per heavy atom. The minimum Gasteiger partial charge on any atom is -0.486 e. The van der Waals surface area contributed by atoms with Gasteiger partial charge in [-0.1, -0.05) is 35.7 Å². The van der Waals surface area contributed by atoms with E-state index in [-0.39, 0.29) is 6.10 Å². The van der Waals surface area contributed by atoms with E-state index in [1.54, 1.807) is 0 Å². The molecule has 1 aliphatic heterocycles. The molecule has 0 N–H and O–H groups in total. The highest BCUT2D eigenvalue weighted by Crippen LogP contribution is 2.34. The van der Waals surface area contributed by atoms with Crippen molar-refractivity contribution >= 4 is 15.9 Å². The third-order valence-corrected chi connectivity index (χ3v) is 3.31. The standard InChI is InChI=1S/C14H19BrO3/c1-2-3-4-7-16-9-12-10-17-14-8-11(15)5-6-13(14)18-12/h5-6,8,12H,2-4,7,9-10H2,1H3. The van der Waals surface area contributed by atoms with E-state index in [0.717, 1.165) is 29.0 Å². The highest BCUT2D eigenvalue weighted by Gasteiger charge is 2.21. The molecule has 0 saturated heterocycles. The minimum atomic E-state index is 0.000280. The first-order valence-corrected chi connectivity index (χ1v) is 7.25. The summed E-state index contributed by atoms with van der Waals surface area (Å²) >= 11 is 3.41. The topological polar surface area (TPSA) is 27.7 Å². The highest BCUT2D eigenvalue weighted by molar-refractivity contribution is 9.10. The number of ether oxygens (including phenoxy) is 3. The molecule has 1 heterocycles. The van der Waals surface area contributed by atoms with Crippen LogP contribution in [-0.2, 0) is 4.74 Å². The molecule has 0 radical (unpaired) electrons. The van der Waals surface area contributed by atoms with Gasteiger partial charge in [0.2, 0.25) is 0 Å². The number of benzene rings is 1. The molecule has 0 aliphatic carbocycles. The van der Waals surface area contributed by atoms with Crippen LogP contribution in [0.1, 0.15) is 26.2 Å². The average Bonchev–Trinajstić information content (AvgIpc) is 2.38. The highest BCUT2D eigenvalue weighted by atomic mass is 79.9. The largest absolute Gasteiger partial charge is 0.486 e. The maximum Gasteiger partial charge on any atom is 0.162 e. The van der Waals surface area contributed by atoms with E-state index in [1.165, 1.54) is 12.8 Å². The zero-order valence-corrected chi connectivity index (χ0v) is 12.2. The second kappa shape index (κ2) is 7.00. The molecular formula is C14H19BrO3. The van der Waals surface area contributed by atoms with Crippen LogP contribution in [0.25, 0.3) is 0 Å². The lowest BCUT2D eigenvalue weighted by Gasteiger charge is -2.26. The maximum absolute atomic E-state index is 5.82. The lowest BCUT2D eigenvalue weighted by atomic mass is 10.2. The van der Waals surface area contributed by atoms with Gasteiger partial charge < -0.3 is 14.2 Å². The van der Waals surface area contributed by atoms with E-state index in [0.29, 0.717) is 13.2 Å². The summed E-state index contributed by atoms with van der Waals surface area (Å²) in [5.74, 6) is 1.60. The molecule has 3 nitrogen and oxygen atoms in total. The summed E-state index contributed by atoms with van der Waals surface area (Å²) in [6, 6.07) is 5.79. The smallest absolute Gasteiger partial charge is 0.162 e. The van der Waals surface area contributed by atoms with Crippen molar-refractivity contribution in [1.29, 1.82) is 0 Å². The first kappa shape index (κ1) is 13.7. The fraction of sp³-hybridized carbons (Fsp3) is 0.571. The predicted molar refractivity (Wildman–Crippen MR) is 74.4 cm³/mol. The van der Waals surface area contributed by atoms with Crippen LogP contribution in [0.4, 0.5) is 0 Å². The molecule has 1 unspecified atom stereocenters. The van der Waals surface area contributed by atoms with E-state index in [4.69, 9.17) is 14.2 Å². The molecule has 0 fully saturated rings. The second-order valence-electron chi connectivity index (χ2n) is 4.42. The summed E-state index contributed by atoms with van der Waals surface area (Å²) in [7, 11) is 0. The molecule has 1 atom stereocenters. The molecule has 4 heteroatoms. The Morgan fingerprint density at radius 2 is 2.22 bits per heavy atom. The molecular weight excluding hydrogens is 296 g/mol. The van der Waals surface area contributed by atoms with Crippen LogP contribution < -0.4 is 9.47 Å². The van der Waals surface area contributed by atoms with Gasteiger partial charge in [-0.15, -0.1) is 0 Å². The number of hydrogen-bond acceptors (Lipinski definition) is 3. The summed E-state index contributed by atoms with van der Waals surface area (Å²) in [5.41, 5.74) is 0. The number of hydrogen-bond donors (Lipinski definition) is 0. The van der Waals surface area contributed by atoms with E-state index in [2.05, 4.69) is 22.9 Å². The van der Waals surface area contributed by atoms with Gasteiger partial charge in [-0.2, -0.15) is 0 Å². The summed E-state index contributed by atoms with van der Waals surface area (Å²) in [5, 5.41) is 0. The van der Waals surface area contributed by atoms with Gasteiger partial charge in [-0.05, 0) is 24.6 Å². The van der Waals surface area contributed by atoms with Crippen LogP contribution in [-0.4, -0.2) is 25.9 Å². The van der Waals surface area contributed by atoms with Crippen LogP contribution in [0.15, 0.2) is 22.7 Å². The van der Waals surface area contributed by atoms with E-state index in [9.17, 15) is 0 Å². The average molecular weight is 315 g/mol. The minimum absolute atomic E-state index is 0.000280. The molecule has 2 rings (SSSR count). The number of rotatable bonds is 6. The molecule has 100 valence electrons. The first-order chi connectivity index (χ1) is 8.79. The van der Waals surface area contributed by atoms with Crippen molar-refractivity contribution in [1.82, 2.24) is 0 Å². The molecule has 0 amide bonds. The van der Waals surface area contributed by atoms with Gasteiger partial charge in [-0.25, -0.2) is 0 Å². The third kappa shape index (κ3) is 3.89. The third-order valence-electron chi connectivity index (χ3n) is 2.82. The molecule has 0 saturated carbocycles. The summed E-state index contributed by atoms with van der Waals surface area (Å²) in [4.78, 5) is 0. The monoisotopic (exact) mass is 314 g/mol. The van der Waals surface area contributed by atoms with E-state index < -0.39 is 0 Å². The normalized spacial score (nSPS) is 17.8. The predicted octanol–water partition coefficient (Wildman–Crippen LogP) is 3.80. The quantitative estimate of drug-likeness (QED) is 0.748. The van der Waals surface area contributed by atoms with Crippen LogP contribution in [0.5, 0.6) is 11.5 Å². The molecule has 0 spiro atoms. The number of halogens is 1. The van der Waals surface area contributed by atoms with Gasteiger partial charge in [0.05, 0.1) is 6.61 Å². The van der Waals surface area contributed by atoms with Crippen LogP contribution in [0.3, 0.4) is 0 Å². The van der Waals surface area contributed by atoms with Gasteiger partial charge in [-0.3, -0.25) is 0 Å². The molecule has 1 aliphatic rings. The van der Waals surface area contributed by atoms with Crippen molar-refractivity contribution in [2.24, 2.45) is 0 Å². The summed E-state index contributed by atoms with van der Waals surface area (Å²) < 4.78 is 18.1. The van der Waals surface area contributed by atoms with Gasteiger partial charge in [0.15, 0.2) is 17.6 Å². The van der Waals surface area contributed by atoms with Crippen molar-refractivity contribution in [3.63, 3.8) is 0 Å². The molecule has 0 bridgehead atoms. The van der Waals surface area contributed by atoms with Gasteiger partial charge in [0.1, 0.15) is 6.61 Å². The van der Waals surface area contributed by atoms with Crippen molar-refractivity contribution in [3.8, 4) is 11.5 Å². The zero-order chi connectivity index (χ0) is 12.8. The summed E-state index contributed by atoms with van der Waals surface area (Å²) in [6.07, 6.45) is 3.56. The first-order valence-electron chi connectivity index (χ1n) is 6.46.